The molecular formula is C19H16BrN5O3. The monoisotopic (exact) mass is 441 g/mol. The van der Waals surface area contributed by atoms with Crippen LogP contribution in [0.3, 0.4) is 0 Å². The van der Waals surface area contributed by atoms with Crippen LogP contribution in [-0.4, -0.2) is 38.7 Å². The van der Waals surface area contributed by atoms with Crippen molar-refractivity contribution >= 4 is 27.1 Å². The number of pyridine rings is 1. The SMILES string of the molecule is COc1cc(Br)c(Cn2cnc3c(Oc4cccnc4)ncnc32)cc1OC. The van der Waals surface area contributed by atoms with Crippen LogP contribution in [0.1, 0.15) is 5.56 Å². The second-order valence-corrected chi connectivity index (χ2v) is 6.67. The van der Waals surface area contributed by atoms with Crippen LogP contribution in [0.2, 0.25) is 0 Å². The average Bonchev–Trinajstić information content (AvgIpc) is 3.14. The molecule has 9 heteroatoms. The van der Waals surface area contributed by atoms with Gasteiger partial charge in [-0.05, 0) is 29.8 Å². The summed E-state index contributed by atoms with van der Waals surface area (Å²) in [5.74, 6) is 2.27. The molecule has 4 aromatic rings. The van der Waals surface area contributed by atoms with Gasteiger partial charge < -0.3 is 18.8 Å². The van der Waals surface area contributed by atoms with E-state index in [9.17, 15) is 0 Å². The third-order valence-corrected chi connectivity index (χ3v) is 4.85. The van der Waals surface area contributed by atoms with Gasteiger partial charge in [-0.1, -0.05) is 15.9 Å². The number of ether oxygens (including phenoxy) is 3. The quantitative estimate of drug-likeness (QED) is 0.449. The van der Waals surface area contributed by atoms with Crippen LogP contribution < -0.4 is 14.2 Å². The van der Waals surface area contributed by atoms with Gasteiger partial charge in [0.1, 0.15) is 12.1 Å². The van der Waals surface area contributed by atoms with Crippen molar-refractivity contribution in [3.8, 4) is 23.1 Å². The molecule has 8 nitrogen and oxygen atoms in total. The lowest BCUT2D eigenvalue weighted by atomic mass is 10.2. The first-order valence-electron chi connectivity index (χ1n) is 8.33. The number of fused-ring (bicyclic) bond motifs is 1. The predicted octanol–water partition coefficient (Wildman–Crippen LogP) is 3.84. The van der Waals surface area contributed by atoms with Gasteiger partial charge in [0.25, 0.3) is 5.88 Å². The Bertz CT molecular complexity index is 1120. The minimum absolute atomic E-state index is 0.378. The molecule has 0 spiro atoms. The minimum atomic E-state index is 0.378. The Morgan fingerprint density at radius 2 is 1.89 bits per heavy atom. The summed E-state index contributed by atoms with van der Waals surface area (Å²) >= 11 is 3.59. The predicted molar refractivity (Wildman–Crippen MR) is 106 cm³/mol. The fourth-order valence-corrected chi connectivity index (χ4v) is 3.22. The highest BCUT2D eigenvalue weighted by molar-refractivity contribution is 9.10. The molecular weight excluding hydrogens is 426 g/mol. The zero-order valence-corrected chi connectivity index (χ0v) is 16.8. The van der Waals surface area contributed by atoms with Gasteiger partial charge in [-0.2, -0.15) is 4.98 Å². The highest BCUT2D eigenvalue weighted by Gasteiger charge is 2.15. The maximum absolute atomic E-state index is 5.81. The Morgan fingerprint density at radius 3 is 2.64 bits per heavy atom. The van der Waals surface area contributed by atoms with Crippen molar-refractivity contribution in [2.75, 3.05) is 14.2 Å². The molecule has 0 aliphatic heterocycles. The second kappa shape index (κ2) is 7.81. The van der Waals surface area contributed by atoms with Gasteiger partial charge in [0.15, 0.2) is 22.7 Å². The van der Waals surface area contributed by atoms with E-state index in [0.29, 0.717) is 40.8 Å². The van der Waals surface area contributed by atoms with Gasteiger partial charge in [-0.15, -0.1) is 0 Å². The van der Waals surface area contributed by atoms with Crippen molar-refractivity contribution in [1.82, 2.24) is 24.5 Å². The number of nitrogens with zero attached hydrogens (tertiary/aromatic N) is 5. The van der Waals surface area contributed by atoms with E-state index in [0.717, 1.165) is 10.0 Å². The van der Waals surface area contributed by atoms with E-state index in [1.165, 1.54) is 6.33 Å². The first kappa shape index (κ1) is 18.2. The van der Waals surface area contributed by atoms with Gasteiger partial charge >= 0.3 is 0 Å². The summed E-state index contributed by atoms with van der Waals surface area (Å²) in [5.41, 5.74) is 2.23. The van der Waals surface area contributed by atoms with Crippen LogP contribution in [0, 0.1) is 0 Å². The molecule has 0 aliphatic carbocycles. The average molecular weight is 442 g/mol. The highest BCUT2D eigenvalue weighted by Crippen LogP contribution is 2.34. The molecule has 0 radical (unpaired) electrons. The molecule has 0 atom stereocenters. The van der Waals surface area contributed by atoms with Crippen LogP contribution in [0.4, 0.5) is 0 Å². The van der Waals surface area contributed by atoms with E-state index in [-0.39, 0.29) is 0 Å². The zero-order chi connectivity index (χ0) is 19.5. The fourth-order valence-electron chi connectivity index (χ4n) is 2.77. The summed E-state index contributed by atoms with van der Waals surface area (Å²) in [4.78, 5) is 17.1. The number of benzene rings is 1. The maximum Gasteiger partial charge on any atom is 0.250 e. The lowest BCUT2D eigenvalue weighted by Crippen LogP contribution is -2.02. The number of imidazole rings is 1. The van der Waals surface area contributed by atoms with E-state index in [1.807, 2.05) is 16.7 Å². The number of methoxy groups -OCH3 is 2. The van der Waals surface area contributed by atoms with Crippen molar-refractivity contribution in [3.63, 3.8) is 0 Å². The molecule has 142 valence electrons. The summed E-state index contributed by atoms with van der Waals surface area (Å²) in [6.45, 7) is 0.529. The van der Waals surface area contributed by atoms with Gasteiger partial charge in [0.2, 0.25) is 0 Å². The molecule has 3 heterocycles. The molecule has 3 aromatic heterocycles. The molecule has 0 saturated heterocycles. The molecule has 0 aliphatic rings. The number of halogens is 1. The highest BCUT2D eigenvalue weighted by atomic mass is 79.9. The number of hydrogen-bond donors (Lipinski definition) is 0. The molecule has 0 amide bonds. The normalized spacial score (nSPS) is 10.8. The van der Waals surface area contributed by atoms with Crippen LogP contribution in [0.5, 0.6) is 23.1 Å². The van der Waals surface area contributed by atoms with Crippen molar-refractivity contribution in [2.24, 2.45) is 0 Å². The van der Waals surface area contributed by atoms with Crippen molar-refractivity contribution in [1.29, 1.82) is 0 Å². The van der Waals surface area contributed by atoms with E-state index in [2.05, 4.69) is 35.9 Å². The molecule has 0 unspecified atom stereocenters. The van der Waals surface area contributed by atoms with Crippen molar-refractivity contribution in [2.45, 2.75) is 6.54 Å². The fraction of sp³-hybridized carbons (Fsp3) is 0.158. The topological polar surface area (TPSA) is 84.2 Å². The van der Waals surface area contributed by atoms with E-state index >= 15 is 0 Å². The lowest BCUT2D eigenvalue weighted by molar-refractivity contribution is 0.354. The Hall–Kier alpha value is -3.20. The first-order chi connectivity index (χ1) is 13.7. The Labute approximate surface area is 169 Å². The minimum Gasteiger partial charge on any atom is -0.493 e. The van der Waals surface area contributed by atoms with Gasteiger partial charge in [-0.25, -0.2) is 9.97 Å². The van der Waals surface area contributed by atoms with Crippen LogP contribution >= 0.6 is 15.9 Å². The van der Waals surface area contributed by atoms with E-state index in [1.54, 1.807) is 45.1 Å². The lowest BCUT2D eigenvalue weighted by Gasteiger charge is -2.12. The second-order valence-electron chi connectivity index (χ2n) is 5.81. The molecule has 4 rings (SSSR count). The Morgan fingerprint density at radius 1 is 1.07 bits per heavy atom. The largest absolute Gasteiger partial charge is 0.493 e. The van der Waals surface area contributed by atoms with Gasteiger partial charge in [0.05, 0.1) is 33.3 Å². The first-order valence-corrected chi connectivity index (χ1v) is 9.13. The van der Waals surface area contributed by atoms with E-state index < -0.39 is 0 Å². The van der Waals surface area contributed by atoms with Gasteiger partial charge in [0, 0.05) is 10.7 Å². The van der Waals surface area contributed by atoms with E-state index in [4.69, 9.17) is 14.2 Å². The molecule has 1 aromatic carbocycles. The molecule has 0 bridgehead atoms. The molecule has 0 saturated carbocycles. The molecule has 28 heavy (non-hydrogen) atoms. The standard InChI is InChI=1S/C19H16BrN5O3/c1-26-15-6-12(14(20)7-16(15)27-2)9-25-11-24-17-18(25)22-10-23-19(17)28-13-4-3-5-21-8-13/h3-8,10-11H,9H2,1-2H3. The summed E-state index contributed by atoms with van der Waals surface area (Å²) in [5, 5.41) is 0. The van der Waals surface area contributed by atoms with Crippen LogP contribution in [0.15, 0.2) is 53.8 Å². The Balaban J connectivity index is 1.68. The Kier molecular flexibility index (Phi) is 5.07. The summed E-state index contributed by atoms with van der Waals surface area (Å²) in [7, 11) is 3.21. The van der Waals surface area contributed by atoms with Gasteiger partial charge in [-0.3, -0.25) is 4.98 Å². The number of aromatic nitrogens is 5. The van der Waals surface area contributed by atoms with Crippen molar-refractivity contribution < 1.29 is 14.2 Å². The molecule has 0 fully saturated rings. The summed E-state index contributed by atoms with van der Waals surface area (Å²) in [6.07, 6.45) is 6.46. The number of hydrogen-bond acceptors (Lipinski definition) is 7. The summed E-state index contributed by atoms with van der Waals surface area (Å²) in [6, 6.07) is 7.39. The number of rotatable bonds is 6. The molecule has 0 N–H and O–H groups in total. The van der Waals surface area contributed by atoms with Crippen molar-refractivity contribution in [3.05, 3.63) is 59.3 Å². The summed E-state index contributed by atoms with van der Waals surface area (Å²) < 4.78 is 19.4. The van der Waals surface area contributed by atoms with Crippen LogP contribution in [-0.2, 0) is 6.54 Å². The third-order valence-electron chi connectivity index (χ3n) is 4.11. The third kappa shape index (κ3) is 3.48. The smallest absolute Gasteiger partial charge is 0.250 e. The maximum atomic E-state index is 5.81. The van der Waals surface area contributed by atoms with Crippen LogP contribution in [0.25, 0.3) is 11.2 Å². The zero-order valence-electron chi connectivity index (χ0n) is 15.2.